The second-order valence-corrected chi connectivity index (χ2v) is 4.62. The molecule has 0 radical (unpaired) electrons. The lowest BCUT2D eigenvalue weighted by atomic mass is 10.3. The van der Waals surface area contributed by atoms with Crippen LogP contribution in [0.3, 0.4) is 0 Å². The van der Waals surface area contributed by atoms with Gasteiger partial charge in [0.2, 0.25) is 0 Å². The summed E-state index contributed by atoms with van der Waals surface area (Å²) in [5, 5.41) is 18.6. The van der Waals surface area contributed by atoms with E-state index in [0.717, 1.165) is 30.1 Å². The largest absolute Gasteiger partial charge is 0.368 e. The normalized spacial score (nSPS) is 11.2. The van der Waals surface area contributed by atoms with Crippen LogP contribution < -0.4 is 5.32 Å². The molecule has 4 heterocycles. The summed E-state index contributed by atoms with van der Waals surface area (Å²) in [7, 11) is 0. The Bertz CT molecular complexity index is 858. The minimum Gasteiger partial charge on any atom is -0.368 e. The van der Waals surface area contributed by atoms with Crippen molar-refractivity contribution in [2.45, 2.75) is 6.42 Å². The lowest BCUT2D eigenvalue weighted by Crippen LogP contribution is -2.08. The number of aromatic nitrogens is 7. The van der Waals surface area contributed by atoms with E-state index in [-0.39, 0.29) is 0 Å². The average molecular weight is 280 g/mol. The summed E-state index contributed by atoms with van der Waals surface area (Å²) in [6, 6.07) is 9.64. The number of imidazole rings is 1. The summed E-state index contributed by atoms with van der Waals surface area (Å²) in [5.74, 6) is 0.735. The molecule has 0 atom stereocenters. The number of hydrogen-bond acceptors (Lipinski definition) is 6. The van der Waals surface area contributed by atoms with Crippen molar-refractivity contribution in [2.75, 3.05) is 11.9 Å². The van der Waals surface area contributed by atoms with Crippen LogP contribution >= 0.6 is 0 Å². The lowest BCUT2D eigenvalue weighted by molar-refractivity contribution is 0.733. The van der Waals surface area contributed by atoms with Gasteiger partial charge in [0.05, 0.1) is 5.69 Å². The number of pyridine rings is 1. The third-order valence-corrected chi connectivity index (χ3v) is 3.17. The maximum Gasteiger partial charge on any atom is 0.200 e. The van der Waals surface area contributed by atoms with E-state index in [9.17, 15) is 0 Å². The number of nitrogens with zero attached hydrogens (tertiary/aromatic N) is 7. The van der Waals surface area contributed by atoms with Gasteiger partial charge in [0.1, 0.15) is 11.5 Å². The number of anilines is 1. The van der Waals surface area contributed by atoms with E-state index in [1.165, 1.54) is 4.63 Å². The molecule has 0 aliphatic heterocycles. The first-order valence-corrected chi connectivity index (χ1v) is 6.60. The van der Waals surface area contributed by atoms with Gasteiger partial charge in [0.15, 0.2) is 5.65 Å². The molecule has 104 valence electrons. The zero-order chi connectivity index (χ0) is 14.1. The van der Waals surface area contributed by atoms with Gasteiger partial charge in [-0.05, 0) is 34.7 Å². The minimum atomic E-state index is 0.626. The summed E-state index contributed by atoms with van der Waals surface area (Å²) in [6.45, 7) is 0.741. The van der Waals surface area contributed by atoms with Crippen molar-refractivity contribution < 1.29 is 0 Å². The van der Waals surface area contributed by atoms with Gasteiger partial charge < -0.3 is 9.72 Å². The summed E-state index contributed by atoms with van der Waals surface area (Å²) in [6.07, 6.45) is 4.85. The highest BCUT2D eigenvalue weighted by Crippen LogP contribution is 2.06. The predicted molar refractivity (Wildman–Crippen MR) is 76.0 cm³/mol. The Labute approximate surface area is 119 Å². The van der Waals surface area contributed by atoms with Gasteiger partial charge in [-0.3, -0.25) is 0 Å². The third-order valence-electron chi connectivity index (χ3n) is 3.17. The Hall–Kier alpha value is -3.03. The highest BCUT2D eigenvalue weighted by molar-refractivity contribution is 5.42. The van der Waals surface area contributed by atoms with Crippen molar-refractivity contribution in [3.05, 3.63) is 48.4 Å². The van der Waals surface area contributed by atoms with Crippen LogP contribution in [0.25, 0.3) is 11.3 Å². The van der Waals surface area contributed by atoms with Crippen molar-refractivity contribution in [3.63, 3.8) is 0 Å². The van der Waals surface area contributed by atoms with Gasteiger partial charge in [-0.15, -0.1) is 14.8 Å². The van der Waals surface area contributed by atoms with Crippen LogP contribution in [-0.4, -0.2) is 41.2 Å². The first kappa shape index (κ1) is 11.8. The summed E-state index contributed by atoms with van der Waals surface area (Å²) in [4.78, 5) is 4.55. The summed E-state index contributed by atoms with van der Waals surface area (Å²) in [5.41, 5.74) is 2.62. The van der Waals surface area contributed by atoms with Crippen LogP contribution in [0.15, 0.2) is 42.7 Å². The fourth-order valence-corrected chi connectivity index (χ4v) is 2.17. The molecule has 8 heteroatoms. The first-order chi connectivity index (χ1) is 10.4. The first-order valence-electron chi connectivity index (χ1n) is 6.60. The van der Waals surface area contributed by atoms with Crippen LogP contribution in [-0.2, 0) is 6.42 Å². The minimum absolute atomic E-state index is 0.626. The van der Waals surface area contributed by atoms with Crippen molar-refractivity contribution in [1.29, 1.82) is 0 Å². The molecule has 0 aliphatic carbocycles. The topological polar surface area (TPSA) is 85.3 Å². The van der Waals surface area contributed by atoms with Gasteiger partial charge in [-0.2, -0.15) is 0 Å². The Morgan fingerprint density at radius 1 is 1.10 bits per heavy atom. The number of hydrogen-bond donors (Lipinski definition) is 1. The molecule has 1 N–H and O–H groups in total. The predicted octanol–water partition coefficient (Wildman–Crippen LogP) is 0.822. The highest BCUT2D eigenvalue weighted by Gasteiger charge is 2.02. The van der Waals surface area contributed by atoms with E-state index in [0.29, 0.717) is 5.65 Å². The highest BCUT2D eigenvalue weighted by atomic mass is 15.6. The van der Waals surface area contributed by atoms with Gasteiger partial charge in [0.25, 0.3) is 0 Å². The van der Waals surface area contributed by atoms with Crippen molar-refractivity contribution >= 4 is 17.1 Å². The smallest absolute Gasteiger partial charge is 0.200 e. The maximum absolute atomic E-state index is 4.55. The van der Waals surface area contributed by atoms with Gasteiger partial charge in [0, 0.05) is 25.4 Å². The van der Waals surface area contributed by atoms with Gasteiger partial charge >= 0.3 is 0 Å². The van der Waals surface area contributed by atoms with Crippen molar-refractivity contribution in [2.24, 2.45) is 0 Å². The van der Waals surface area contributed by atoms with Crippen LogP contribution in [0.5, 0.6) is 0 Å². The molecule has 4 aromatic rings. The lowest BCUT2D eigenvalue weighted by Gasteiger charge is -2.03. The zero-order valence-electron chi connectivity index (χ0n) is 11.1. The van der Waals surface area contributed by atoms with E-state index < -0.39 is 0 Å². The molecule has 0 amide bonds. The Morgan fingerprint density at radius 3 is 3.05 bits per heavy atom. The van der Waals surface area contributed by atoms with Crippen LogP contribution in [0.1, 0.15) is 5.69 Å². The molecule has 0 spiro atoms. The number of tetrazole rings is 1. The molecular weight excluding hydrogens is 268 g/mol. The molecule has 0 bridgehead atoms. The van der Waals surface area contributed by atoms with E-state index in [4.69, 9.17) is 0 Å². The molecule has 0 saturated heterocycles. The van der Waals surface area contributed by atoms with Crippen LogP contribution in [0.2, 0.25) is 0 Å². The van der Waals surface area contributed by atoms with Crippen molar-refractivity contribution in [1.82, 2.24) is 34.6 Å². The second-order valence-electron chi connectivity index (χ2n) is 4.62. The average Bonchev–Trinajstić information content (AvgIpc) is 3.12. The maximum atomic E-state index is 4.55. The van der Waals surface area contributed by atoms with E-state index in [2.05, 4.69) is 30.9 Å². The summed E-state index contributed by atoms with van der Waals surface area (Å²) >= 11 is 0. The molecular formula is C13H12N8. The van der Waals surface area contributed by atoms with Gasteiger partial charge in [-0.1, -0.05) is 6.07 Å². The fourth-order valence-electron chi connectivity index (χ4n) is 2.17. The van der Waals surface area contributed by atoms with E-state index in [1.54, 1.807) is 0 Å². The SMILES string of the molecule is c1ccn2cc(CCNc3ccc4nnnn4n3)nc2c1. The molecule has 0 unspecified atom stereocenters. The molecule has 0 aliphatic rings. The number of nitrogens with one attached hydrogen (secondary N) is 1. The van der Waals surface area contributed by atoms with Gasteiger partial charge in [-0.25, -0.2) is 4.98 Å². The number of fused-ring (bicyclic) bond motifs is 2. The molecule has 4 rings (SSSR count). The molecule has 8 nitrogen and oxygen atoms in total. The molecule has 0 saturated carbocycles. The second kappa shape index (κ2) is 4.82. The summed E-state index contributed by atoms with van der Waals surface area (Å²) < 4.78 is 3.41. The molecule has 0 fully saturated rings. The molecule has 21 heavy (non-hydrogen) atoms. The Morgan fingerprint density at radius 2 is 2.10 bits per heavy atom. The van der Waals surface area contributed by atoms with Crippen LogP contribution in [0, 0.1) is 0 Å². The van der Waals surface area contributed by atoms with Crippen LogP contribution in [0.4, 0.5) is 5.82 Å². The standard InChI is InChI=1S/C13H12N8/c1-2-8-20-9-10(15-12(20)3-1)6-7-14-11-4-5-13-16-18-19-21(13)17-11/h1-5,8-9H,6-7H2,(H,14,17). The molecule has 4 aromatic heterocycles. The van der Waals surface area contributed by atoms with E-state index >= 15 is 0 Å². The third kappa shape index (κ3) is 2.27. The number of rotatable bonds is 4. The molecule has 0 aromatic carbocycles. The quantitative estimate of drug-likeness (QED) is 0.595. The Balaban J connectivity index is 1.44. The zero-order valence-corrected chi connectivity index (χ0v) is 11.1. The monoisotopic (exact) mass is 280 g/mol. The van der Waals surface area contributed by atoms with Crippen molar-refractivity contribution in [3.8, 4) is 0 Å². The Kier molecular flexibility index (Phi) is 2.70. The van der Waals surface area contributed by atoms with E-state index in [1.807, 2.05) is 47.1 Å². The fraction of sp³-hybridized carbons (Fsp3) is 0.154.